The standard InChI is InChI=1S/C20H23N3O5S/c1-15(2)29(27,28)17-9-7-16(8-10-17)20(24)22-13-11-21(12-14-22)18-5-3-4-6-19(18)23(25)26/h3-10,15H,11-14H2,1-2H3. The van der Waals surface area contributed by atoms with Gasteiger partial charge < -0.3 is 9.80 Å². The van der Waals surface area contributed by atoms with Crippen LogP contribution in [0, 0.1) is 10.1 Å². The smallest absolute Gasteiger partial charge is 0.292 e. The molecule has 0 spiro atoms. The SMILES string of the molecule is CC(C)S(=O)(=O)c1ccc(C(=O)N2CCN(c3ccccc3[N+](=O)[O-])CC2)cc1. The fourth-order valence-electron chi connectivity index (χ4n) is 3.28. The number of para-hydroxylation sites is 2. The third kappa shape index (κ3) is 4.24. The third-order valence-electron chi connectivity index (χ3n) is 5.04. The van der Waals surface area contributed by atoms with Gasteiger partial charge in [-0.05, 0) is 44.2 Å². The Kier molecular flexibility index (Phi) is 5.88. The molecule has 8 nitrogen and oxygen atoms in total. The largest absolute Gasteiger partial charge is 0.362 e. The zero-order chi connectivity index (χ0) is 21.2. The number of anilines is 1. The van der Waals surface area contributed by atoms with Crippen LogP contribution in [0.2, 0.25) is 0 Å². The van der Waals surface area contributed by atoms with Crippen molar-refractivity contribution in [3.8, 4) is 0 Å². The van der Waals surface area contributed by atoms with Gasteiger partial charge in [-0.3, -0.25) is 14.9 Å². The molecule has 0 aromatic heterocycles. The van der Waals surface area contributed by atoms with Crippen LogP contribution in [-0.4, -0.2) is 55.6 Å². The van der Waals surface area contributed by atoms with E-state index in [1.807, 2.05) is 4.90 Å². The van der Waals surface area contributed by atoms with E-state index in [-0.39, 0.29) is 16.5 Å². The molecule has 0 radical (unpaired) electrons. The lowest BCUT2D eigenvalue weighted by molar-refractivity contribution is -0.384. The lowest BCUT2D eigenvalue weighted by Crippen LogP contribution is -2.49. The minimum absolute atomic E-state index is 0.0502. The second-order valence-electron chi connectivity index (χ2n) is 7.14. The van der Waals surface area contributed by atoms with Crippen molar-refractivity contribution < 1.29 is 18.1 Å². The Labute approximate surface area is 169 Å². The summed E-state index contributed by atoms with van der Waals surface area (Å²) < 4.78 is 24.4. The summed E-state index contributed by atoms with van der Waals surface area (Å²) in [5.41, 5.74) is 1.02. The normalized spacial score (nSPS) is 14.9. The summed E-state index contributed by atoms with van der Waals surface area (Å²) >= 11 is 0. The second-order valence-corrected chi connectivity index (χ2v) is 9.65. The van der Waals surface area contributed by atoms with Crippen LogP contribution in [0.3, 0.4) is 0 Å². The highest BCUT2D eigenvalue weighted by Gasteiger charge is 2.26. The number of hydrogen-bond acceptors (Lipinski definition) is 6. The molecular weight excluding hydrogens is 394 g/mol. The molecule has 1 saturated heterocycles. The van der Waals surface area contributed by atoms with Crippen LogP contribution in [0.4, 0.5) is 11.4 Å². The van der Waals surface area contributed by atoms with Crippen molar-refractivity contribution in [2.45, 2.75) is 24.0 Å². The summed E-state index contributed by atoms with van der Waals surface area (Å²) in [4.78, 5) is 27.4. The van der Waals surface area contributed by atoms with E-state index in [9.17, 15) is 23.3 Å². The Morgan fingerprint density at radius 3 is 2.14 bits per heavy atom. The van der Waals surface area contributed by atoms with Crippen molar-refractivity contribution in [1.29, 1.82) is 0 Å². The summed E-state index contributed by atoms with van der Waals surface area (Å²) in [6.07, 6.45) is 0. The quantitative estimate of drug-likeness (QED) is 0.548. The van der Waals surface area contributed by atoms with Gasteiger partial charge in [-0.25, -0.2) is 8.42 Å². The number of carbonyl (C=O) groups excluding carboxylic acids is 1. The molecule has 1 aliphatic heterocycles. The van der Waals surface area contributed by atoms with Crippen LogP contribution in [-0.2, 0) is 9.84 Å². The Morgan fingerprint density at radius 1 is 1.00 bits per heavy atom. The van der Waals surface area contributed by atoms with Crippen LogP contribution in [0.5, 0.6) is 0 Å². The zero-order valence-electron chi connectivity index (χ0n) is 16.3. The Balaban J connectivity index is 1.69. The number of rotatable bonds is 5. The van der Waals surface area contributed by atoms with E-state index in [1.165, 1.54) is 30.3 Å². The van der Waals surface area contributed by atoms with Crippen LogP contribution >= 0.6 is 0 Å². The van der Waals surface area contributed by atoms with Crippen molar-refractivity contribution in [3.63, 3.8) is 0 Å². The molecule has 3 rings (SSSR count). The van der Waals surface area contributed by atoms with Crippen LogP contribution < -0.4 is 4.90 Å². The highest BCUT2D eigenvalue weighted by Crippen LogP contribution is 2.28. The van der Waals surface area contributed by atoms with Crippen molar-refractivity contribution in [1.82, 2.24) is 4.90 Å². The first-order valence-corrected chi connectivity index (χ1v) is 10.9. The number of carbonyl (C=O) groups is 1. The van der Waals surface area contributed by atoms with E-state index in [1.54, 1.807) is 36.9 Å². The van der Waals surface area contributed by atoms with Gasteiger partial charge in [0.15, 0.2) is 9.84 Å². The lowest BCUT2D eigenvalue weighted by atomic mass is 10.1. The molecule has 2 aromatic carbocycles. The molecule has 2 aromatic rings. The summed E-state index contributed by atoms with van der Waals surface area (Å²) in [5.74, 6) is -0.180. The number of amides is 1. The van der Waals surface area contributed by atoms with Crippen LogP contribution in [0.15, 0.2) is 53.4 Å². The molecule has 1 heterocycles. The first-order valence-electron chi connectivity index (χ1n) is 9.33. The molecule has 29 heavy (non-hydrogen) atoms. The predicted molar refractivity (Wildman–Crippen MR) is 110 cm³/mol. The first-order chi connectivity index (χ1) is 13.7. The van der Waals surface area contributed by atoms with Gasteiger partial charge in [-0.15, -0.1) is 0 Å². The van der Waals surface area contributed by atoms with Crippen LogP contribution in [0.25, 0.3) is 0 Å². The van der Waals surface area contributed by atoms with Gasteiger partial charge >= 0.3 is 0 Å². The number of nitro groups is 1. The molecule has 9 heteroatoms. The fourth-order valence-corrected chi connectivity index (χ4v) is 4.34. The third-order valence-corrected chi connectivity index (χ3v) is 7.21. The van der Waals surface area contributed by atoms with Gasteiger partial charge in [0.25, 0.3) is 11.6 Å². The molecule has 0 bridgehead atoms. The lowest BCUT2D eigenvalue weighted by Gasteiger charge is -2.35. The molecular formula is C20H23N3O5S. The maximum Gasteiger partial charge on any atom is 0.292 e. The molecule has 0 unspecified atom stereocenters. The molecule has 0 atom stereocenters. The van der Waals surface area contributed by atoms with Gasteiger partial charge in [0.2, 0.25) is 0 Å². The Morgan fingerprint density at radius 2 is 1.59 bits per heavy atom. The summed E-state index contributed by atoms with van der Waals surface area (Å²) in [5, 5.41) is 10.7. The number of piperazine rings is 1. The molecule has 1 fully saturated rings. The average molecular weight is 417 g/mol. The van der Waals surface area contributed by atoms with Gasteiger partial charge in [-0.1, -0.05) is 12.1 Å². The average Bonchev–Trinajstić information content (AvgIpc) is 2.73. The molecule has 0 aliphatic carbocycles. The summed E-state index contributed by atoms with van der Waals surface area (Å²) in [6.45, 7) is 5.05. The minimum atomic E-state index is -3.38. The minimum Gasteiger partial charge on any atom is -0.362 e. The second kappa shape index (κ2) is 8.20. The van der Waals surface area contributed by atoms with Crippen molar-refractivity contribution in [2.24, 2.45) is 0 Å². The maximum absolute atomic E-state index is 12.8. The molecule has 154 valence electrons. The first kappa shape index (κ1) is 20.8. The van der Waals surface area contributed by atoms with Gasteiger partial charge in [0, 0.05) is 37.8 Å². The van der Waals surface area contributed by atoms with Gasteiger partial charge in [0.1, 0.15) is 5.69 Å². The highest BCUT2D eigenvalue weighted by molar-refractivity contribution is 7.92. The van der Waals surface area contributed by atoms with Gasteiger partial charge in [-0.2, -0.15) is 0 Å². The van der Waals surface area contributed by atoms with E-state index in [4.69, 9.17) is 0 Å². The monoisotopic (exact) mass is 417 g/mol. The van der Waals surface area contributed by atoms with Crippen molar-refractivity contribution >= 4 is 27.1 Å². The number of sulfone groups is 1. The Bertz CT molecular complexity index is 1010. The molecule has 1 aliphatic rings. The molecule has 1 amide bonds. The summed E-state index contributed by atoms with van der Waals surface area (Å²) in [7, 11) is -3.38. The molecule has 0 saturated carbocycles. The number of hydrogen-bond donors (Lipinski definition) is 0. The zero-order valence-corrected chi connectivity index (χ0v) is 17.1. The highest BCUT2D eigenvalue weighted by atomic mass is 32.2. The predicted octanol–water partition coefficient (Wildman–Crippen LogP) is 2.74. The van der Waals surface area contributed by atoms with Crippen molar-refractivity contribution in [3.05, 3.63) is 64.2 Å². The fraction of sp³-hybridized carbons (Fsp3) is 0.350. The van der Waals surface area contributed by atoms with E-state index >= 15 is 0 Å². The van der Waals surface area contributed by atoms with Crippen molar-refractivity contribution in [2.75, 3.05) is 31.1 Å². The van der Waals surface area contributed by atoms with Gasteiger partial charge in [0.05, 0.1) is 15.1 Å². The van der Waals surface area contributed by atoms with Crippen LogP contribution in [0.1, 0.15) is 24.2 Å². The molecule has 0 N–H and O–H groups in total. The van der Waals surface area contributed by atoms with E-state index in [0.29, 0.717) is 37.4 Å². The van der Waals surface area contributed by atoms with E-state index in [2.05, 4.69) is 0 Å². The van der Waals surface area contributed by atoms with E-state index < -0.39 is 20.0 Å². The number of nitrogens with zero attached hydrogens (tertiary/aromatic N) is 3. The van der Waals surface area contributed by atoms with E-state index in [0.717, 1.165) is 0 Å². The number of nitro benzene ring substituents is 1. The number of benzene rings is 2. The maximum atomic E-state index is 12.8. The summed E-state index contributed by atoms with van der Waals surface area (Å²) in [6, 6.07) is 12.6. The Hall–Kier alpha value is -2.94. The topological polar surface area (TPSA) is 101 Å².